The summed E-state index contributed by atoms with van der Waals surface area (Å²) in [4.78, 5) is 2.80. The summed E-state index contributed by atoms with van der Waals surface area (Å²) >= 11 is 5.10. The van der Waals surface area contributed by atoms with Crippen LogP contribution >= 0.6 is 12.2 Å². The van der Waals surface area contributed by atoms with Gasteiger partial charge in [-0.05, 0) is 43.5 Å². The Balaban J connectivity index is 1.98. The first kappa shape index (κ1) is 16.2. The van der Waals surface area contributed by atoms with Crippen molar-refractivity contribution >= 4 is 17.2 Å². The van der Waals surface area contributed by atoms with E-state index in [1.165, 1.54) is 44.2 Å². The second-order valence-electron chi connectivity index (χ2n) is 6.10. The Bertz CT molecular complexity index is 484. The smallest absolute Gasteiger partial charge is 0.129 e. The van der Waals surface area contributed by atoms with Crippen LogP contribution in [0.5, 0.6) is 5.75 Å². The van der Waals surface area contributed by atoms with Crippen LogP contribution in [-0.4, -0.2) is 30.6 Å². The van der Waals surface area contributed by atoms with Gasteiger partial charge in [-0.1, -0.05) is 37.5 Å². The van der Waals surface area contributed by atoms with Gasteiger partial charge in [0.1, 0.15) is 10.7 Å². The monoisotopic (exact) mass is 306 g/mol. The number of rotatable bonds is 6. The van der Waals surface area contributed by atoms with Crippen molar-refractivity contribution in [3.8, 4) is 5.75 Å². The van der Waals surface area contributed by atoms with Crippen LogP contribution in [0.15, 0.2) is 18.2 Å². The lowest BCUT2D eigenvalue weighted by atomic mass is 9.89. The fourth-order valence-corrected chi connectivity index (χ4v) is 3.39. The van der Waals surface area contributed by atoms with E-state index in [9.17, 15) is 0 Å². The van der Waals surface area contributed by atoms with Crippen molar-refractivity contribution in [3.05, 3.63) is 29.3 Å². The third-order valence-electron chi connectivity index (χ3n) is 4.28. The maximum absolute atomic E-state index is 5.78. The third kappa shape index (κ3) is 4.68. The molecule has 1 aliphatic carbocycles. The van der Waals surface area contributed by atoms with Crippen molar-refractivity contribution in [2.75, 3.05) is 20.7 Å². The molecule has 0 amide bonds. The van der Waals surface area contributed by atoms with Crippen LogP contribution in [0.3, 0.4) is 0 Å². The molecule has 0 aromatic heterocycles. The number of benzene rings is 1. The summed E-state index contributed by atoms with van der Waals surface area (Å²) in [6, 6.07) is 6.11. The van der Waals surface area contributed by atoms with Gasteiger partial charge in [0.05, 0.1) is 12.7 Å². The molecular weight excluding hydrogens is 280 g/mol. The second-order valence-corrected chi connectivity index (χ2v) is 6.54. The van der Waals surface area contributed by atoms with E-state index < -0.39 is 0 Å². The first-order chi connectivity index (χ1) is 10.1. The summed E-state index contributed by atoms with van der Waals surface area (Å²) in [5.41, 5.74) is 7.84. The molecule has 0 saturated heterocycles. The zero-order chi connectivity index (χ0) is 15.2. The minimum Gasteiger partial charge on any atom is -0.496 e. The molecule has 3 nitrogen and oxygen atoms in total. The highest BCUT2D eigenvalue weighted by atomic mass is 32.1. The van der Waals surface area contributed by atoms with Gasteiger partial charge in [0, 0.05) is 13.1 Å². The van der Waals surface area contributed by atoms with E-state index in [2.05, 4.69) is 24.1 Å². The highest BCUT2D eigenvalue weighted by Crippen LogP contribution is 2.25. The molecule has 0 spiro atoms. The predicted octanol–water partition coefficient (Wildman–Crippen LogP) is 3.34. The Morgan fingerprint density at radius 1 is 1.33 bits per heavy atom. The molecule has 4 heteroatoms. The maximum Gasteiger partial charge on any atom is 0.129 e. The number of nitrogens with zero attached hydrogens (tertiary/aromatic N) is 1. The topological polar surface area (TPSA) is 38.5 Å². The van der Waals surface area contributed by atoms with E-state index in [-0.39, 0.29) is 0 Å². The SMILES string of the molecule is COc1ccc(CN(C)CC2CCCCC2)cc1C(N)=S. The van der Waals surface area contributed by atoms with Crippen molar-refractivity contribution in [2.45, 2.75) is 38.6 Å². The molecule has 1 fully saturated rings. The molecule has 1 aromatic rings. The highest BCUT2D eigenvalue weighted by Gasteiger charge is 2.16. The van der Waals surface area contributed by atoms with Gasteiger partial charge in [-0.25, -0.2) is 0 Å². The number of hydrogen-bond donors (Lipinski definition) is 1. The van der Waals surface area contributed by atoms with Gasteiger partial charge >= 0.3 is 0 Å². The van der Waals surface area contributed by atoms with Crippen molar-refractivity contribution in [1.29, 1.82) is 0 Å². The van der Waals surface area contributed by atoms with Gasteiger partial charge in [-0.3, -0.25) is 0 Å². The molecule has 0 atom stereocenters. The summed E-state index contributed by atoms with van der Waals surface area (Å²) in [7, 11) is 3.84. The summed E-state index contributed by atoms with van der Waals surface area (Å²) < 4.78 is 5.31. The van der Waals surface area contributed by atoms with E-state index in [0.29, 0.717) is 4.99 Å². The summed E-state index contributed by atoms with van der Waals surface area (Å²) in [6.07, 6.45) is 6.96. The number of hydrogen-bond acceptors (Lipinski definition) is 3. The van der Waals surface area contributed by atoms with Gasteiger partial charge in [-0.2, -0.15) is 0 Å². The van der Waals surface area contributed by atoms with Crippen molar-refractivity contribution in [3.63, 3.8) is 0 Å². The van der Waals surface area contributed by atoms with Crippen LogP contribution in [0, 0.1) is 5.92 Å². The summed E-state index contributed by atoms with van der Waals surface area (Å²) in [5, 5.41) is 0. The molecule has 116 valence electrons. The quantitative estimate of drug-likeness (QED) is 0.818. The number of nitrogens with two attached hydrogens (primary N) is 1. The highest BCUT2D eigenvalue weighted by molar-refractivity contribution is 7.80. The third-order valence-corrected chi connectivity index (χ3v) is 4.50. The molecule has 1 aliphatic rings. The standard InChI is InChI=1S/C17H26N2OS/c1-19(11-13-6-4-3-5-7-13)12-14-8-9-16(20-2)15(10-14)17(18)21/h8-10,13H,3-7,11-12H2,1-2H3,(H2,18,21). The normalized spacial score (nSPS) is 16.1. The van der Waals surface area contributed by atoms with Crippen molar-refractivity contribution in [2.24, 2.45) is 11.7 Å². The van der Waals surface area contributed by atoms with E-state index in [4.69, 9.17) is 22.7 Å². The molecule has 2 rings (SSSR count). The fraction of sp³-hybridized carbons (Fsp3) is 0.588. The molecule has 1 aromatic carbocycles. The van der Waals surface area contributed by atoms with Gasteiger partial charge in [0.2, 0.25) is 0 Å². The minimum atomic E-state index is 0.392. The van der Waals surface area contributed by atoms with Crippen LogP contribution < -0.4 is 10.5 Å². The number of methoxy groups -OCH3 is 1. The van der Waals surface area contributed by atoms with Crippen LogP contribution in [0.1, 0.15) is 43.2 Å². The summed E-state index contributed by atoms with van der Waals surface area (Å²) in [6.45, 7) is 2.10. The fourth-order valence-electron chi connectivity index (χ4n) is 3.23. The van der Waals surface area contributed by atoms with E-state index >= 15 is 0 Å². The Morgan fingerprint density at radius 3 is 2.67 bits per heavy atom. The molecular formula is C17H26N2OS. The van der Waals surface area contributed by atoms with Crippen LogP contribution in [0.4, 0.5) is 0 Å². The van der Waals surface area contributed by atoms with Gasteiger partial charge in [-0.15, -0.1) is 0 Å². The van der Waals surface area contributed by atoms with Crippen LogP contribution in [0.25, 0.3) is 0 Å². The average molecular weight is 306 g/mol. The van der Waals surface area contributed by atoms with Gasteiger partial charge in [0.15, 0.2) is 0 Å². The Labute approximate surface area is 133 Å². The molecule has 0 unspecified atom stereocenters. The maximum atomic E-state index is 5.78. The molecule has 0 radical (unpaired) electrons. The van der Waals surface area contributed by atoms with E-state index in [1.807, 2.05) is 6.07 Å². The molecule has 1 saturated carbocycles. The molecule has 2 N–H and O–H groups in total. The summed E-state index contributed by atoms with van der Waals surface area (Å²) in [5.74, 6) is 1.61. The largest absolute Gasteiger partial charge is 0.496 e. The van der Waals surface area contributed by atoms with E-state index in [0.717, 1.165) is 23.8 Å². The predicted molar refractivity (Wildman–Crippen MR) is 91.8 cm³/mol. The lowest BCUT2D eigenvalue weighted by molar-refractivity contribution is 0.228. The number of thiocarbonyl (C=S) groups is 1. The first-order valence-electron chi connectivity index (χ1n) is 7.75. The lowest BCUT2D eigenvalue weighted by Crippen LogP contribution is -2.26. The van der Waals surface area contributed by atoms with Crippen LogP contribution in [-0.2, 0) is 6.54 Å². The molecule has 0 aliphatic heterocycles. The Hall–Kier alpha value is -1.13. The molecule has 21 heavy (non-hydrogen) atoms. The average Bonchev–Trinajstić information content (AvgIpc) is 2.48. The van der Waals surface area contributed by atoms with Gasteiger partial charge < -0.3 is 15.4 Å². The van der Waals surface area contributed by atoms with Crippen LogP contribution in [0.2, 0.25) is 0 Å². The van der Waals surface area contributed by atoms with E-state index in [1.54, 1.807) is 7.11 Å². The minimum absolute atomic E-state index is 0.392. The lowest BCUT2D eigenvalue weighted by Gasteiger charge is -2.27. The first-order valence-corrected chi connectivity index (χ1v) is 8.16. The van der Waals surface area contributed by atoms with Crippen molar-refractivity contribution < 1.29 is 4.74 Å². The zero-order valence-electron chi connectivity index (χ0n) is 13.1. The van der Waals surface area contributed by atoms with Gasteiger partial charge in [0.25, 0.3) is 0 Å². The zero-order valence-corrected chi connectivity index (χ0v) is 13.9. The number of ether oxygens (including phenoxy) is 1. The Kier molecular flexibility index (Phi) is 6.00. The Morgan fingerprint density at radius 2 is 2.05 bits per heavy atom. The molecule has 0 heterocycles. The van der Waals surface area contributed by atoms with Crippen molar-refractivity contribution in [1.82, 2.24) is 4.90 Å². The second kappa shape index (κ2) is 7.76. The molecule has 0 bridgehead atoms.